The van der Waals surface area contributed by atoms with E-state index in [0.29, 0.717) is 24.2 Å². The van der Waals surface area contributed by atoms with Gasteiger partial charge < -0.3 is 9.80 Å². The van der Waals surface area contributed by atoms with E-state index in [1.807, 2.05) is 0 Å². The van der Waals surface area contributed by atoms with Gasteiger partial charge >= 0.3 is 0 Å². The summed E-state index contributed by atoms with van der Waals surface area (Å²) < 4.78 is 2.35. The van der Waals surface area contributed by atoms with Crippen LogP contribution in [0.3, 0.4) is 0 Å². The highest BCUT2D eigenvalue weighted by atomic mass is 79.9. The second kappa shape index (κ2) is 17.0. The number of hydrogen-bond acceptors (Lipinski definition) is 4. The molecule has 4 aromatic carbocycles. The Balaban J connectivity index is 0.000000180. The fourth-order valence-corrected chi connectivity index (χ4v) is 9.09. The largest absolute Gasteiger partial charge is 0.300 e. The maximum Gasteiger partial charge on any atom is 0.0267 e. The van der Waals surface area contributed by atoms with Crippen LogP contribution in [0.5, 0.6) is 0 Å². The van der Waals surface area contributed by atoms with E-state index in [-0.39, 0.29) is 24.8 Å². The molecule has 4 bridgehead atoms. The van der Waals surface area contributed by atoms with E-state index in [0.717, 1.165) is 13.1 Å². The highest BCUT2D eigenvalue weighted by Crippen LogP contribution is 2.30. The van der Waals surface area contributed by atoms with Crippen LogP contribution in [-0.2, 0) is 38.8 Å². The Morgan fingerprint density at radius 2 is 0.833 bits per heavy atom. The number of rotatable bonds is 4. The molecule has 6 heterocycles. The van der Waals surface area contributed by atoms with Crippen molar-refractivity contribution < 1.29 is 0 Å². The molecule has 0 saturated carbocycles. The van der Waals surface area contributed by atoms with E-state index < -0.39 is 0 Å². The fraction of sp³-hybridized carbons (Fsp3) is 0.400. The van der Waals surface area contributed by atoms with Crippen molar-refractivity contribution in [3.8, 4) is 0 Å². The first-order valence-electron chi connectivity index (χ1n) is 16.9. The normalized spacial score (nSPS) is 23.9. The molecule has 0 radical (unpaired) electrons. The van der Waals surface area contributed by atoms with Gasteiger partial charge in [0, 0.05) is 72.4 Å². The van der Waals surface area contributed by atoms with Crippen molar-refractivity contribution in [3.63, 3.8) is 0 Å². The van der Waals surface area contributed by atoms with Gasteiger partial charge in [0.05, 0.1) is 0 Å². The zero-order valence-corrected chi connectivity index (χ0v) is 32.8. The monoisotopic (exact) mass is 812 g/mol. The average Bonchev–Trinajstić information content (AvgIpc) is 3.01. The van der Waals surface area contributed by atoms with Gasteiger partial charge in [-0.1, -0.05) is 105 Å². The molecule has 0 aromatic heterocycles. The zero-order chi connectivity index (χ0) is 31.6. The molecule has 6 aliphatic heterocycles. The average molecular weight is 816 g/mol. The van der Waals surface area contributed by atoms with Crippen LogP contribution in [0, 0.1) is 0 Å². The number of benzene rings is 4. The minimum atomic E-state index is 0. The number of nitrogens with zero attached hydrogens (tertiary/aromatic N) is 4. The lowest BCUT2D eigenvalue weighted by Gasteiger charge is -2.47. The Kier molecular flexibility index (Phi) is 13.3. The summed E-state index contributed by atoms with van der Waals surface area (Å²) >= 11 is 7.20. The summed E-state index contributed by atoms with van der Waals surface area (Å²) in [7, 11) is 4.59. The smallest absolute Gasteiger partial charge is 0.0267 e. The molecule has 256 valence electrons. The lowest BCUT2D eigenvalue weighted by molar-refractivity contribution is 0.0345. The number of piperazine rings is 2. The summed E-state index contributed by atoms with van der Waals surface area (Å²) in [6.45, 7) is 6.79. The van der Waals surface area contributed by atoms with Gasteiger partial charge in [-0.15, -0.1) is 24.8 Å². The van der Waals surface area contributed by atoms with Crippen LogP contribution >= 0.6 is 56.7 Å². The van der Waals surface area contributed by atoms with Crippen LogP contribution in [-0.4, -0.2) is 84.0 Å². The maximum absolute atomic E-state index is 3.60. The molecular weight excluding hydrogens is 767 g/mol. The topological polar surface area (TPSA) is 13.0 Å². The summed E-state index contributed by atoms with van der Waals surface area (Å²) in [6, 6.07) is 38.0. The van der Waals surface area contributed by atoms with Crippen LogP contribution in [0.4, 0.5) is 0 Å². The second-order valence-corrected chi connectivity index (χ2v) is 15.8. The Morgan fingerprint density at radius 1 is 0.479 bits per heavy atom. The van der Waals surface area contributed by atoms with Gasteiger partial charge in [-0.25, -0.2) is 0 Å². The standard InChI is InChI=1S/2C20H23BrN2.2ClH/c2*1-22-13-20-11-17-7-3-2-6-16(17)10-19(22)14-23(20)12-15-5-4-8-18(21)9-15;;/h2*2-9,19-20H,10-14H2,1H3;2*1H. The molecule has 0 spiro atoms. The predicted octanol–water partition coefficient (Wildman–Crippen LogP) is 8.31. The summed E-state index contributed by atoms with van der Waals surface area (Å²) in [6.07, 6.45) is 4.69. The van der Waals surface area contributed by atoms with Crippen LogP contribution in [0.15, 0.2) is 106 Å². The van der Waals surface area contributed by atoms with Gasteiger partial charge in [-0.05, 0) is 97.4 Å². The van der Waals surface area contributed by atoms with E-state index in [1.165, 1.54) is 71.9 Å². The van der Waals surface area contributed by atoms with Crippen molar-refractivity contribution in [2.75, 3.05) is 40.3 Å². The maximum atomic E-state index is 3.60. The van der Waals surface area contributed by atoms with Crippen molar-refractivity contribution in [1.82, 2.24) is 19.6 Å². The molecule has 6 aliphatic rings. The first-order valence-corrected chi connectivity index (χ1v) is 18.5. The van der Waals surface area contributed by atoms with Crippen LogP contribution < -0.4 is 0 Å². The lowest BCUT2D eigenvalue weighted by atomic mass is 9.88. The molecule has 4 unspecified atom stereocenters. The van der Waals surface area contributed by atoms with Crippen LogP contribution in [0.25, 0.3) is 0 Å². The number of halogens is 4. The molecule has 4 nitrogen and oxygen atoms in total. The fourth-order valence-electron chi connectivity index (χ4n) is 8.19. The van der Waals surface area contributed by atoms with Crippen molar-refractivity contribution in [1.29, 1.82) is 0 Å². The quantitative estimate of drug-likeness (QED) is 0.206. The minimum absolute atomic E-state index is 0. The van der Waals surface area contributed by atoms with E-state index >= 15 is 0 Å². The Labute approximate surface area is 317 Å². The van der Waals surface area contributed by atoms with E-state index in [9.17, 15) is 0 Å². The van der Waals surface area contributed by atoms with Gasteiger partial charge in [-0.3, -0.25) is 9.80 Å². The SMILES string of the molecule is CN1CC2Cc3ccccc3CC1CN2Cc1cccc(Br)c1.CN1CC2Cc3ccccc3CC1CN2Cc1cccc(Br)c1.Cl.Cl. The molecule has 4 aromatic rings. The Morgan fingerprint density at radius 3 is 1.19 bits per heavy atom. The predicted molar refractivity (Wildman–Crippen MR) is 212 cm³/mol. The van der Waals surface area contributed by atoms with Crippen molar-refractivity contribution in [2.24, 2.45) is 0 Å². The van der Waals surface area contributed by atoms with E-state index in [2.05, 4.69) is 163 Å². The van der Waals surface area contributed by atoms with E-state index in [4.69, 9.17) is 0 Å². The second-order valence-electron chi connectivity index (χ2n) is 14.0. The number of hydrogen-bond donors (Lipinski definition) is 0. The molecule has 8 heteroatoms. The van der Waals surface area contributed by atoms with Gasteiger partial charge in [0.25, 0.3) is 0 Å². The summed E-state index contributed by atoms with van der Waals surface area (Å²) in [4.78, 5) is 10.5. The first kappa shape index (κ1) is 37.5. The third-order valence-electron chi connectivity index (χ3n) is 10.8. The van der Waals surface area contributed by atoms with Gasteiger partial charge in [-0.2, -0.15) is 0 Å². The third kappa shape index (κ3) is 8.94. The number of fused-ring (bicyclic) bond motifs is 4. The molecule has 48 heavy (non-hydrogen) atoms. The first-order chi connectivity index (χ1) is 22.4. The molecule has 4 atom stereocenters. The molecule has 0 amide bonds. The molecule has 2 saturated heterocycles. The molecule has 2 fully saturated rings. The van der Waals surface area contributed by atoms with Crippen LogP contribution in [0.2, 0.25) is 0 Å². The summed E-state index contributed by atoms with van der Waals surface area (Å²) in [5.74, 6) is 0. The van der Waals surface area contributed by atoms with Gasteiger partial charge in [0.15, 0.2) is 0 Å². The minimum Gasteiger partial charge on any atom is -0.300 e. The highest BCUT2D eigenvalue weighted by Gasteiger charge is 2.36. The third-order valence-corrected chi connectivity index (χ3v) is 11.8. The highest BCUT2D eigenvalue weighted by molar-refractivity contribution is 9.10. The molecule has 10 rings (SSSR count). The Hall–Kier alpha value is -1.74. The zero-order valence-electron chi connectivity index (χ0n) is 28.0. The Bertz CT molecular complexity index is 1530. The van der Waals surface area contributed by atoms with E-state index in [1.54, 1.807) is 22.3 Å². The van der Waals surface area contributed by atoms with Gasteiger partial charge in [0.1, 0.15) is 0 Å². The number of likely N-dealkylation sites (N-methyl/N-ethyl adjacent to an activating group) is 2. The lowest BCUT2D eigenvalue weighted by Crippen LogP contribution is -2.59. The van der Waals surface area contributed by atoms with Gasteiger partial charge in [0.2, 0.25) is 0 Å². The van der Waals surface area contributed by atoms with Crippen LogP contribution in [0.1, 0.15) is 33.4 Å². The molecule has 0 aliphatic carbocycles. The molecule has 0 N–H and O–H groups in total. The van der Waals surface area contributed by atoms with Crippen molar-refractivity contribution >= 4 is 56.7 Å². The van der Waals surface area contributed by atoms with Crippen molar-refractivity contribution in [3.05, 3.63) is 139 Å². The van der Waals surface area contributed by atoms with Crippen molar-refractivity contribution in [2.45, 2.75) is 62.9 Å². The summed E-state index contributed by atoms with van der Waals surface area (Å²) in [5, 5.41) is 0. The summed E-state index contributed by atoms with van der Waals surface area (Å²) in [5.41, 5.74) is 9.01. The molecular formula is C40H48Br2Cl2N4.